The molecule has 6 aromatic heterocycles. The van der Waals surface area contributed by atoms with Crippen LogP contribution in [0, 0.1) is 0 Å². The van der Waals surface area contributed by atoms with Gasteiger partial charge >= 0.3 is 0 Å². The van der Waals surface area contributed by atoms with Crippen molar-refractivity contribution in [3.63, 3.8) is 0 Å². The van der Waals surface area contributed by atoms with Crippen LogP contribution in [0.15, 0.2) is 397 Å². The Balaban J connectivity index is 0.000000141. The summed E-state index contributed by atoms with van der Waals surface area (Å²) in [6, 6.07) is 135. The predicted octanol–water partition coefficient (Wildman–Crippen LogP) is 26.4. The topological polar surface area (TPSA) is 113 Å². The van der Waals surface area contributed by atoms with Crippen molar-refractivity contribution in [1.29, 1.82) is 0 Å². The summed E-state index contributed by atoms with van der Waals surface area (Å²) in [6.07, 6.45) is 0. The number of rotatable bonds is 12. The van der Waals surface area contributed by atoms with Crippen LogP contribution in [-0.4, -0.2) is 39.0 Å². The molecule has 16 aromatic carbocycles. The summed E-state index contributed by atoms with van der Waals surface area (Å²) in [5.41, 5.74) is 24.6. The van der Waals surface area contributed by atoms with E-state index in [1.54, 1.807) is 0 Å². The van der Waals surface area contributed by atoms with Crippen molar-refractivity contribution in [2.45, 2.75) is 0 Å². The number of para-hydroxylation sites is 5. The van der Waals surface area contributed by atoms with Gasteiger partial charge in [0.1, 0.15) is 22.3 Å². The van der Waals surface area contributed by atoms with E-state index >= 15 is 0 Å². The van der Waals surface area contributed by atoms with Gasteiger partial charge in [0.15, 0.2) is 34.9 Å². The van der Waals surface area contributed by atoms with Gasteiger partial charge in [-0.1, -0.05) is 315 Å². The molecule has 0 aliphatic heterocycles. The molecule has 6 heterocycles. The van der Waals surface area contributed by atoms with Crippen LogP contribution in [0.25, 0.3) is 212 Å². The summed E-state index contributed by atoms with van der Waals surface area (Å²) in [7, 11) is 0. The Morgan fingerprint density at radius 2 is 0.464 bits per heavy atom. The van der Waals surface area contributed by atoms with Gasteiger partial charge in [-0.25, -0.2) is 29.9 Å². The van der Waals surface area contributed by atoms with E-state index in [2.05, 4.69) is 258 Å². The van der Waals surface area contributed by atoms with Crippen LogP contribution in [-0.2, 0) is 0 Å². The van der Waals surface area contributed by atoms with E-state index in [1.165, 1.54) is 27.3 Å². The average molecular weight is 1430 g/mol. The summed E-state index contributed by atoms with van der Waals surface area (Å²) in [5.74, 6) is 3.79. The lowest BCUT2D eigenvalue weighted by Gasteiger charge is -2.12. The number of benzene rings is 16. The Hall–Kier alpha value is -15.3. The predicted molar refractivity (Wildman–Crippen MR) is 457 cm³/mol. The molecule has 0 radical (unpaired) electrons. The normalized spacial score (nSPS) is 11.6. The van der Waals surface area contributed by atoms with Crippen LogP contribution in [0.4, 0.5) is 0 Å². The zero-order valence-electron chi connectivity index (χ0n) is 60.3. The van der Waals surface area contributed by atoms with Gasteiger partial charge in [0.2, 0.25) is 0 Å². The molecule has 0 unspecified atom stereocenters. The lowest BCUT2D eigenvalue weighted by atomic mass is 9.99. The molecule has 10 nitrogen and oxygen atoms in total. The summed E-state index contributed by atoms with van der Waals surface area (Å²) in [5, 5.41) is 9.14. The SMILES string of the molecule is c1ccc(-c2ccc3c(c2)c2cc(-c4cccc5c4oc4ccccc45)ccc2n3-c2cccc(-c3nc(-c4ccccc4)nc(-c4ccccc4)n3)c2)cc1.c1ccc(-c2nc(-c3ccccc3)nc(-c3cccc(-n4c5ccccc5c5cc(-c6cccc7c6oc6c(-c8ccccc8)cccc67)ccc54)c3)n2)cc1. The third-order valence-corrected chi connectivity index (χ3v) is 21.3. The van der Waals surface area contributed by atoms with Gasteiger partial charge in [0.05, 0.1) is 22.1 Å². The molecule has 0 amide bonds. The monoisotopic (exact) mass is 1430 g/mol. The molecule has 0 atom stereocenters. The smallest absolute Gasteiger partial charge is 0.164 e. The van der Waals surface area contributed by atoms with E-state index in [9.17, 15) is 0 Å². The number of hydrogen-bond acceptors (Lipinski definition) is 8. The second-order valence-corrected chi connectivity index (χ2v) is 28.0. The molecule has 0 saturated heterocycles. The fourth-order valence-electron chi connectivity index (χ4n) is 16.0. The molecule has 10 heteroatoms. The van der Waals surface area contributed by atoms with Gasteiger partial charge in [-0.05, 0) is 101 Å². The van der Waals surface area contributed by atoms with Crippen molar-refractivity contribution >= 4 is 87.5 Å². The van der Waals surface area contributed by atoms with E-state index in [4.69, 9.17) is 38.7 Å². The summed E-state index contributed by atoms with van der Waals surface area (Å²) in [6.45, 7) is 0. The lowest BCUT2D eigenvalue weighted by Crippen LogP contribution is -2.01. The van der Waals surface area contributed by atoms with E-state index in [-0.39, 0.29) is 0 Å². The fraction of sp³-hybridized carbons (Fsp3) is 0. The maximum atomic E-state index is 6.80. The Bertz CT molecular complexity index is 7250. The molecule has 112 heavy (non-hydrogen) atoms. The summed E-state index contributed by atoms with van der Waals surface area (Å²) < 4.78 is 18.0. The number of aromatic nitrogens is 8. The van der Waals surface area contributed by atoms with Crippen molar-refractivity contribution in [2.24, 2.45) is 0 Å². The highest BCUT2D eigenvalue weighted by atomic mass is 16.3. The van der Waals surface area contributed by atoms with Gasteiger partial charge in [0.25, 0.3) is 0 Å². The first-order valence-electron chi connectivity index (χ1n) is 37.5. The van der Waals surface area contributed by atoms with Crippen molar-refractivity contribution in [3.8, 4) is 124 Å². The minimum Gasteiger partial charge on any atom is -0.455 e. The highest BCUT2D eigenvalue weighted by Crippen LogP contribution is 2.45. The molecule has 0 N–H and O–H groups in total. The Morgan fingerprint density at radius 3 is 0.911 bits per heavy atom. The van der Waals surface area contributed by atoms with Crippen LogP contribution in [0.2, 0.25) is 0 Å². The Kier molecular flexibility index (Phi) is 16.0. The van der Waals surface area contributed by atoms with Crippen LogP contribution in [0.3, 0.4) is 0 Å². The molecule has 0 aliphatic carbocycles. The van der Waals surface area contributed by atoms with Gasteiger partial charge in [-0.15, -0.1) is 0 Å². The second-order valence-electron chi connectivity index (χ2n) is 28.0. The summed E-state index contributed by atoms with van der Waals surface area (Å²) >= 11 is 0. The highest BCUT2D eigenvalue weighted by Gasteiger charge is 2.23. The van der Waals surface area contributed by atoms with E-state index in [0.717, 1.165) is 149 Å². The van der Waals surface area contributed by atoms with Crippen LogP contribution in [0.5, 0.6) is 0 Å². The minimum atomic E-state index is 0.618. The van der Waals surface area contributed by atoms with Gasteiger partial charge in [0, 0.05) is 105 Å². The molecule has 0 aliphatic rings. The molecule has 0 saturated carbocycles. The second kappa shape index (κ2) is 27.5. The Morgan fingerprint density at radius 1 is 0.170 bits per heavy atom. The van der Waals surface area contributed by atoms with Gasteiger partial charge in [-0.2, -0.15) is 0 Å². The zero-order valence-corrected chi connectivity index (χ0v) is 60.3. The van der Waals surface area contributed by atoms with Crippen molar-refractivity contribution in [1.82, 2.24) is 39.0 Å². The molecular formula is C102H64N8O2. The van der Waals surface area contributed by atoms with Gasteiger partial charge in [-0.3, -0.25) is 0 Å². The zero-order chi connectivity index (χ0) is 74.0. The average Bonchev–Trinajstić information content (AvgIpc) is 1.60. The standard InChI is InChI=1S/2C51H32N4O/c1-4-15-33(16-5-1)39-24-13-26-42-43-27-14-25-40(48(43)56-47(39)42)36-29-30-46-44(32-36)41-23-10-11-28-45(41)55(46)38-22-12-21-37(31-38)51-53-49(34-17-6-2-7-18-34)52-50(54-51)35-19-8-3-9-20-35;1-4-14-33(15-5-1)36-26-28-45-43(31-36)44-32-37(40-23-13-24-42-41-22-10-11-25-47(41)56-48(40)42)27-29-46(44)55(45)39-21-12-20-38(30-39)51-53-49(34-16-6-2-7-17-34)52-50(54-51)35-18-8-3-9-19-35/h2*1-32H. The number of nitrogens with zero attached hydrogens (tertiary/aromatic N) is 8. The van der Waals surface area contributed by atoms with E-state index in [0.29, 0.717) is 34.9 Å². The fourth-order valence-corrected chi connectivity index (χ4v) is 16.0. The molecule has 0 spiro atoms. The first-order valence-corrected chi connectivity index (χ1v) is 37.5. The largest absolute Gasteiger partial charge is 0.455 e. The number of furan rings is 2. The maximum absolute atomic E-state index is 6.80. The van der Waals surface area contributed by atoms with Crippen molar-refractivity contribution < 1.29 is 8.83 Å². The first kappa shape index (κ1) is 65.1. The molecule has 0 bridgehead atoms. The third-order valence-electron chi connectivity index (χ3n) is 21.3. The van der Waals surface area contributed by atoms with Crippen LogP contribution in [0.1, 0.15) is 0 Å². The molecule has 22 rings (SSSR count). The quantitative estimate of drug-likeness (QED) is 0.119. The van der Waals surface area contributed by atoms with Crippen molar-refractivity contribution in [3.05, 3.63) is 388 Å². The highest BCUT2D eigenvalue weighted by molar-refractivity contribution is 6.17. The Labute approximate surface area is 643 Å². The maximum Gasteiger partial charge on any atom is 0.164 e. The first-order chi connectivity index (χ1) is 55.5. The molecule has 0 fully saturated rings. The molecule has 524 valence electrons. The molecule has 22 aromatic rings. The van der Waals surface area contributed by atoms with E-state index in [1.807, 2.05) is 140 Å². The minimum absolute atomic E-state index is 0.618. The van der Waals surface area contributed by atoms with E-state index < -0.39 is 0 Å². The lowest BCUT2D eigenvalue weighted by molar-refractivity contribution is 0.670. The third kappa shape index (κ3) is 11.6. The number of fused-ring (bicyclic) bond motifs is 12. The van der Waals surface area contributed by atoms with Crippen molar-refractivity contribution in [2.75, 3.05) is 0 Å². The van der Waals surface area contributed by atoms with Crippen LogP contribution < -0.4 is 0 Å². The number of hydrogen-bond donors (Lipinski definition) is 0. The summed E-state index contributed by atoms with van der Waals surface area (Å²) in [4.78, 5) is 29.9. The van der Waals surface area contributed by atoms with Crippen LogP contribution >= 0.6 is 0 Å². The van der Waals surface area contributed by atoms with Gasteiger partial charge < -0.3 is 18.0 Å². The molecular weight excluding hydrogens is 1370 g/mol.